The van der Waals surface area contributed by atoms with Crippen molar-refractivity contribution < 1.29 is 19.0 Å². The summed E-state index contributed by atoms with van der Waals surface area (Å²) in [6.07, 6.45) is 0.851. The number of hydrogen-bond acceptors (Lipinski definition) is 6. The maximum absolute atomic E-state index is 13.5. The van der Waals surface area contributed by atoms with Crippen molar-refractivity contribution in [1.29, 1.82) is 0 Å². The van der Waals surface area contributed by atoms with Gasteiger partial charge in [0.2, 0.25) is 0 Å². The molecule has 1 fully saturated rings. The zero-order chi connectivity index (χ0) is 17.6. The van der Waals surface area contributed by atoms with E-state index in [0.717, 1.165) is 0 Å². The second-order valence-corrected chi connectivity index (χ2v) is 6.27. The average Bonchev–Trinajstić information content (AvgIpc) is 3.24. The van der Waals surface area contributed by atoms with Crippen LogP contribution in [0.15, 0.2) is 24.4 Å². The molecule has 0 aliphatic carbocycles. The molecule has 1 saturated heterocycles. The summed E-state index contributed by atoms with van der Waals surface area (Å²) < 4.78 is 20.2. The third-order valence-corrected chi connectivity index (χ3v) is 4.63. The molecular formula is C16H18FN5O3. The summed E-state index contributed by atoms with van der Waals surface area (Å²) in [7, 11) is 1.86. The van der Waals surface area contributed by atoms with E-state index in [0.29, 0.717) is 31.1 Å². The van der Waals surface area contributed by atoms with Crippen molar-refractivity contribution in [3.05, 3.63) is 35.9 Å². The van der Waals surface area contributed by atoms with E-state index in [1.807, 2.05) is 11.9 Å². The summed E-state index contributed by atoms with van der Waals surface area (Å²) in [6.45, 7) is 1.63. The number of nitrogens with zero attached hydrogens (tertiary/aromatic N) is 5. The molecule has 0 radical (unpaired) electrons. The minimum atomic E-state index is -0.669. The number of aliphatic hydroxyl groups is 1. The summed E-state index contributed by atoms with van der Waals surface area (Å²) in [6, 6.07) is 4.00. The molecule has 1 aromatic carbocycles. The smallest absolute Gasteiger partial charge is 0.280 e. The lowest BCUT2D eigenvalue weighted by atomic mass is 10.1. The van der Waals surface area contributed by atoms with Gasteiger partial charge in [-0.15, -0.1) is 5.10 Å². The number of rotatable bonds is 2. The van der Waals surface area contributed by atoms with Crippen LogP contribution in [0.1, 0.15) is 16.5 Å². The topological polar surface area (TPSA) is 83.7 Å². The first kappa shape index (κ1) is 16.0. The molecule has 3 heterocycles. The van der Waals surface area contributed by atoms with Crippen molar-refractivity contribution in [3.8, 4) is 0 Å². The number of aliphatic hydroxyl groups excluding tert-OH is 1. The van der Waals surface area contributed by atoms with E-state index in [1.54, 1.807) is 11.0 Å². The molecule has 8 nitrogen and oxygen atoms in total. The number of anilines is 2. The second kappa shape index (κ2) is 6.08. The van der Waals surface area contributed by atoms with Gasteiger partial charge in [0.25, 0.3) is 5.91 Å². The molecule has 0 bridgehead atoms. The first-order chi connectivity index (χ1) is 12.0. The highest BCUT2D eigenvalue weighted by atomic mass is 19.1. The summed E-state index contributed by atoms with van der Waals surface area (Å²) in [4.78, 5) is 16.3. The number of halogens is 1. The van der Waals surface area contributed by atoms with Crippen molar-refractivity contribution in [3.63, 3.8) is 0 Å². The van der Waals surface area contributed by atoms with E-state index in [1.165, 1.54) is 23.0 Å². The maximum Gasteiger partial charge on any atom is 0.280 e. The van der Waals surface area contributed by atoms with E-state index >= 15 is 0 Å². The number of carbonyl (C=O) groups is 1. The lowest BCUT2D eigenvalue weighted by Crippen LogP contribution is -2.42. The maximum atomic E-state index is 13.5. The highest BCUT2D eigenvalue weighted by Gasteiger charge is 2.32. The molecular weight excluding hydrogens is 329 g/mol. The van der Waals surface area contributed by atoms with Gasteiger partial charge in [0.1, 0.15) is 18.0 Å². The molecule has 1 amide bonds. The van der Waals surface area contributed by atoms with Crippen LogP contribution in [0.3, 0.4) is 0 Å². The molecule has 1 aromatic heterocycles. The minimum Gasteiger partial charge on any atom is -0.388 e. The lowest BCUT2D eigenvalue weighted by molar-refractivity contribution is 0.0981. The van der Waals surface area contributed by atoms with Gasteiger partial charge in [0.15, 0.2) is 5.69 Å². The Balaban J connectivity index is 1.62. The third-order valence-electron chi connectivity index (χ3n) is 4.63. The Morgan fingerprint density at radius 1 is 1.32 bits per heavy atom. The first-order valence-corrected chi connectivity index (χ1v) is 8.05. The molecule has 2 aliphatic heterocycles. The summed E-state index contributed by atoms with van der Waals surface area (Å²) >= 11 is 0. The average molecular weight is 347 g/mol. The molecule has 0 saturated carbocycles. The quantitative estimate of drug-likeness (QED) is 0.849. The van der Waals surface area contributed by atoms with Crippen molar-refractivity contribution >= 4 is 17.3 Å². The fourth-order valence-corrected chi connectivity index (χ4v) is 3.19. The highest BCUT2D eigenvalue weighted by molar-refractivity contribution is 6.07. The van der Waals surface area contributed by atoms with Crippen molar-refractivity contribution in [2.45, 2.75) is 12.1 Å². The Hall–Kier alpha value is -2.52. The third kappa shape index (κ3) is 2.75. The SMILES string of the molecule is CN1CCN(C(=O)c2cn([C@@H]3COC[C@H]3O)nn2)c2ccc(F)cc21. The predicted molar refractivity (Wildman–Crippen MR) is 87.2 cm³/mol. The fourth-order valence-electron chi connectivity index (χ4n) is 3.19. The van der Waals surface area contributed by atoms with Crippen molar-refractivity contribution in [2.24, 2.45) is 0 Å². The standard InChI is InChI=1S/C16H18FN5O3/c1-20-4-5-21(12-3-2-10(17)6-13(12)20)16(24)11-7-22(19-18-11)14-8-25-9-15(14)23/h2-3,6-7,14-15,23H,4-5,8-9H2,1H3/t14-,15-/m1/s1. The largest absolute Gasteiger partial charge is 0.388 e. The van der Waals surface area contributed by atoms with Gasteiger partial charge in [0, 0.05) is 20.1 Å². The van der Waals surface area contributed by atoms with Crippen molar-refractivity contribution in [1.82, 2.24) is 15.0 Å². The van der Waals surface area contributed by atoms with Crippen LogP contribution in [0.25, 0.3) is 0 Å². The summed E-state index contributed by atoms with van der Waals surface area (Å²) in [5.74, 6) is -0.651. The zero-order valence-corrected chi connectivity index (χ0v) is 13.7. The number of likely N-dealkylation sites (N-methyl/N-ethyl adjacent to an activating group) is 1. The fraction of sp³-hybridized carbons (Fsp3) is 0.438. The number of carbonyl (C=O) groups excluding carboxylic acids is 1. The Kier molecular flexibility index (Phi) is 3.89. The van der Waals surface area contributed by atoms with E-state index in [4.69, 9.17) is 4.74 Å². The second-order valence-electron chi connectivity index (χ2n) is 6.27. The molecule has 2 aliphatic rings. The molecule has 0 unspecified atom stereocenters. The van der Waals surface area contributed by atoms with Crippen LogP contribution < -0.4 is 9.80 Å². The lowest BCUT2D eigenvalue weighted by Gasteiger charge is -2.35. The van der Waals surface area contributed by atoms with Crippen LogP contribution in [-0.4, -0.2) is 65.5 Å². The minimum absolute atomic E-state index is 0.180. The van der Waals surface area contributed by atoms with Gasteiger partial charge in [-0.05, 0) is 18.2 Å². The van der Waals surface area contributed by atoms with E-state index < -0.39 is 6.10 Å². The normalized spacial score (nSPS) is 23.0. The van der Waals surface area contributed by atoms with Gasteiger partial charge >= 0.3 is 0 Å². The van der Waals surface area contributed by atoms with Gasteiger partial charge in [0.05, 0.1) is 30.8 Å². The molecule has 9 heteroatoms. The van der Waals surface area contributed by atoms with Crippen LogP contribution in [0, 0.1) is 5.82 Å². The molecule has 2 aromatic rings. The Morgan fingerprint density at radius 2 is 2.16 bits per heavy atom. The van der Waals surface area contributed by atoms with Crippen LogP contribution in [0.4, 0.5) is 15.8 Å². The monoisotopic (exact) mass is 347 g/mol. The van der Waals surface area contributed by atoms with E-state index in [2.05, 4.69) is 10.3 Å². The molecule has 132 valence electrons. The van der Waals surface area contributed by atoms with Gasteiger partial charge in [-0.3, -0.25) is 4.79 Å². The number of fused-ring (bicyclic) bond motifs is 1. The van der Waals surface area contributed by atoms with Crippen LogP contribution in [0.2, 0.25) is 0 Å². The van der Waals surface area contributed by atoms with E-state index in [-0.39, 0.29) is 30.1 Å². The number of ether oxygens (including phenoxy) is 1. The van der Waals surface area contributed by atoms with E-state index in [9.17, 15) is 14.3 Å². The summed E-state index contributed by atoms with van der Waals surface area (Å²) in [5.41, 5.74) is 1.48. The molecule has 2 atom stereocenters. The van der Waals surface area contributed by atoms with Gasteiger partial charge in [-0.2, -0.15) is 0 Å². The zero-order valence-electron chi connectivity index (χ0n) is 13.7. The van der Waals surface area contributed by atoms with Gasteiger partial charge in [-0.1, -0.05) is 5.21 Å². The predicted octanol–water partition coefficient (Wildman–Crippen LogP) is 0.446. The van der Waals surface area contributed by atoms with Gasteiger partial charge < -0.3 is 19.6 Å². The highest BCUT2D eigenvalue weighted by Crippen LogP contribution is 2.33. The van der Waals surface area contributed by atoms with Gasteiger partial charge in [-0.25, -0.2) is 9.07 Å². The molecule has 25 heavy (non-hydrogen) atoms. The summed E-state index contributed by atoms with van der Waals surface area (Å²) in [5, 5.41) is 17.8. The Bertz CT molecular complexity index is 811. The van der Waals surface area contributed by atoms with Crippen LogP contribution in [0.5, 0.6) is 0 Å². The van der Waals surface area contributed by atoms with Crippen LogP contribution >= 0.6 is 0 Å². The number of hydrogen-bond donors (Lipinski definition) is 1. The molecule has 4 rings (SSSR count). The number of benzene rings is 1. The number of amides is 1. The molecule has 0 spiro atoms. The Labute approximate surface area is 143 Å². The Morgan fingerprint density at radius 3 is 2.92 bits per heavy atom. The number of aromatic nitrogens is 3. The molecule has 1 N–H and O–H groups in total. The van der Waals surface area contributed by atoms with Crippen molar-refractivity contribution in [2.75, 3.05) is 43.2 Å². The first-order valence-electron chi connectivity index (χ1n) is 8.05. The van der Waals surface area contributed by atoms with Crippen LogP contribution in [-0.2, 0) is 4.74 Å².